The fourth-order valence-electron chi connectivity index (χ4n) is 1.30. The van der Waals surface area contributed by atoms with Gasteiger partial charge in [-0.05, 0) is 30.5 Å². The molecule has 1 rings (SSSR count). The van der Waals surface area contributed by atoms with Crippen molar-refractivity contribution in [3.8, 4) is 5.75 Å². The molecule has 0 amide bonds. The van der Waals surface area contributed by atoms with Gasteiger partial charge in [0.05, 0.1) is 4.90 Å². The largest absolute Gasteiger partial charge is 1.00 e. The first-order valence-corrected chi connectivity index (χ1v) is 6.13. The standard InChI is InChI=1S/C10H14O4S.Cu/c1-2-3-4-8-5-6-9(11)10(7-8)15(12,13)14;/h5-7,11H,2-4H2,1H3,(H,12,13,14);/q;+1/p-1. The van der Waals surface area contributed by atoms with Crippen molar-refractivity contribution in [1.29, 1.82) is 0 Å². The molecule has 0 aliphatic heterocycles. The second kappa shape index (κ2) is 6.25. The number of hydrogen-bond acceptors (Lipinski definition) is 4. The average molecular weight is 293 g/mol. The van der Waals surface area contributed by atoms with Crippen molar-refractivity contribution in [3.63, 3.8) is 0 Å². The van der Waals surface area contributed by atoms with Crippen molar-refractivity contribution in [1.82, 2.24) is 0 Å². The molecule has 0 aromatic heterocycles. The molecule has 4 nitrogen and oxygen atoms in total. The molecule has 0 fully saturated rings. The van der Waals surface area contributed by atoms with Crippen LogP contribution in [0.4, 0.5) is 0 Å². The zero-order valence-electron chi connectivity index (χ0n) is 8.74. The SMILES string of the molecule is CCCCc1ccc(O)c(S(=O)(=O)[O-])c1.[Cu+]. The minimum Gasteiger partial charge on any atom is -0.744 e. The van der Waals surface area contributed by atoms with Gasteiger partial charge in [-0.3, -0.25) is 0 Å². The third-order valence-electron chi connectivity index (χ3n) is 2.11. The van der Waals surface area contributed by atoms with Crippen LogP contribution in [0.2, 0.25) is 0 Å². The zero-order valence-corrected chi connectivity index (χ0v) is 10.5. The van der Waals surface area contributed by atoms with E-state index in [0.29, 0.717) is 6.42 Å². The van der Waals surface area contributed by atoms with E-state index >= 15 is 0 Å². The third-order valence-corrected chi connectivity index (χ3v) is 2.98. The normalized spacial score (nSPS) is 10.9. The van der Waals surface area contributed by atoms with Crippen LogP contribution in [0, 0.1) is 0 Å². The maximum Gasteiger partial charge on any atom is 1.00 e. The number of hydrogen-bond donors (Lipinski definition) is 1. The first-order valence-electron chi connectivity index (χ1n) is 4.73. The predicted molar refractivity (Wildman–Crippen MR) is 54.7 cm³/mol. The molecule has 1 N–H and O–H groups in total. The van der Waals surface area contributed by atoms with Crippen molar-refractivity contribution >= 4 is 10.1 Å². The smallest absolute Gasteiger partial charge is 0.744 e. The maximum atomic E-state index is 10.8. The van der Waals surface area contributed by atoms with E-state index in [1.54, 1.807) is 6.07 Å². The number of phenols is 1. The molecular weight excluding hydrogens is 280 g/mol. The molecule has 6 heteroatoms. The number of rotatable bonds is 4. The molecule has 0 aliphatic rings. The summed E-state index contributed by atoms with van der Waals surface area (Å²) < 4.78 is 32.3. The Morgan fingerprint density at radius 1 is 1.38 bits per heavy atom. The molecule has 0 saturated carbocycles. The van der Waals surface area contributed by atoms with Gasteiger partial charge in [-0.15, -0.1) is 0 Å². The molecule has 0 radical (unpaired) electrons. The van der Waals surface area contributed by atoms with Gasteiger partial charge in [-0.1, -0.05) is 19.4 Å². The van der Waals surface area contributed by atoms with Crippen LogP contribution in [0.15, 0.2) is 23.1 Å². The van der Waals surface area contributed by atoms with E-state index in [1.807, 2.05) is 6.92 Å². The van der Waals surface area contributed by atoms with Gasteiger partial charge in [0.25, 0.3) is 0 Å². The summed E-state index contributed by atoms with van der Waals surface area (Å²) in [5.41, 5.74) is 0.754. The molecule has 0 aliphatic carbocycles. The molecular formula is C10H13CuO4S. The van der Waals surface area contributed by atoms with Crippen molar-refractivity contribution in [2.75, 3.05) is 0 Å². The predicted octanol–water partition coefficient (Wildman–Crippen LogP) is 1.64. The van der Waals surface area contributed by atoms with E-state index < -0.39 is 20.8 Å². The van der Waals surface area contributed by atoms with E-state index in [1.165, 1.54) is 12.1 Å². The van der Waals surface area contributed by atoms with Gasteiger partial charge < -0.3 is 9.66 Å². The van der Waals surface area contributed by atoms with E-state index in [0.717, 1.165) is 18.4 Å². The molecule has 0 heterocycles. The molecule has 94 valence electrons. The van der Waals surface area contributed by atoms with Gasteiger partial charge in [0.15, 0.2) is 0 Å². The third kappa shape index (κ3) is 4.14. The van der Waals surface area contributed by atoms with E-state index in [4.69, 9.17) is 0 Å². The summed E-state index contributed by atoms with van der Waals surface area (Å²) in [5, 5.41) is 9.22. The topological polar surface area (TPSA) is 77.4 Å². The quantitative estimate of drug-likeness (QED) is 0.676. The van der Waals surface area contributed by atoms with Crippen molar-refractivity contribution < 1.29 is 35.1 Å². The van der Waals surface area contributed by atoms with Gasteiger partial charge in [-0.25, -0.2) is 8.42 Å². The summed E-state index contributed by atoms with van der Waals surface area (Å²) in [6, 6.07) is 4.11. The Kier molecular flexibility index (Phi) is 6.04. The minimum absolute atomic E-state index is 0. The van der Waals surface area contributed by atoms with Gasteiger partial charge in [0, 0.05) is 0 Å². The number of aromatic hydroxyl groups is 1. The number of aryl methyl sites for hydroxylation is 1. The molecule has 0 atom stereocenters. The van der Waals surface area contributed by atoms with Crippen LogP contribution < -0.4 is 0 Å². The molecule has 1 aromatic rings. The van der Waals surface area contributed by atoms with Gasteiger partial charge in [0.1, 0.15) is 15.9 Å². The molecule has 1 aromatic carbocycles. The second-order valence-corrected chi connectivity index (χ2v) is 4.71. The van der Waals surface area contributed by atoms with E-state index in [9.17, 15) is 18.1 Å². The zero-order chi connectivity index (χ0) is 11.5. The number of phenolic OH excluding ortho intramolecular Hbond substituents is 1. The van der Waals surface area contributed by atoms with Crippen LogP contribution in [0.1, 0.15) is 25.3 Å². The Labute approximate surface area is 106 Å². The van der Waals surface area contributed by atoms with E-state index in [-0.39, 0.29) is 17.1 Å². The molecule has 0 saturated heterocycles. The van der Waals surface area contributed by atoms with Gasteiger partial charge in [-0.2, -0.15) is 0 Å². The van der Waals surface area contributed by atoms with Gasteiger partial charge >= 0.3 is 17.1 Å². The van der Waals surface area contributed by atoms with Crippen LogP contribution in [-0.2, 0) is 33.6 Å². The van der Waals surface area contributed by atoms with Crippen LogP contribution in [0.25, 0.3) is 0 Å². The van der Waals surface area contributed by atoms with Crippen LogP contribution in [0.3, 0.4) is 0 Å². The molecule has 16 heavy (non-hydrogen) atoms. The number of benzene rings is 1. The average Bonchev–Trinajstić information content (AvgIpc) is 2.15. The Balaban J connectivity index is 0.00000225. The minimum atomic E-state index is -4.58. The molecule has 0 bridgehead atoms. The Morgan fingerprint density at radius 2 is 2.00 bits per heavy atom. The number of unbranched alkanes of at least 4 members (excludes halogenated alkanes) is 1. The summed E-state index contributed by atoms with van der Waals surface area (Å²) in [4.78, 5) is -0.531. The van der Waals surface area contributed by atoms with Crippen molar-refractivity contribution in [2.45, 2.75) is 31.1 Å². The Bertz CT molecular complexity index is 442. The first kappa shape index (κ1) is 15.4. The summed E-state index contributed by atoms with van der Waals surface area (Å²) in [6.07, 6.45) is 2.61. The second-order valence-electron chi connectivity index (χ2n) is 3.36. The van der Waals surface area contributed by atoms with Crippen molar-refractivity contribution in [2.24, 2.45) is 0 Å². The monoisotopic (exact) mass is 292 g/mol. The van der Waals surface area contributed by atoms with Crippen LogP contribution >= 0.6 is 0 Å². The summed E-state index contributed by atoms with van der Waals surface area (Å²) in [7, 11) is -4.58. The summed E-state index contributed by atoms with van der Waals surface area (Å²) in [6.45, 7) is 2.02. The molecule has 0 unspecified atom stereocenters. The Morgan fingerprint density at radius 3 is 2.50 bits per heavy atom. The fraction of sp³-hybridized carbons (Fsp3) is 0.400. The Hall–Kier alpha value is -0.551. The summed E-state index contributed by atoms with van der Waals surface area (Å²) in [5.74, 6) is -0.481. The maximum absolute atomic E-state index is 10.8. The fourth-order valence-corrected chi connectivity index (χ4v) is 1.92. The summed E-state index contributed by atoms with van der Waals surface area (Å²) >= 11 is 0. The van der Waals surface area contributed by atoms with Crippen LogP contribution in [-0.4, -0.2) is 18.1 Å². The molecule has 0 spiro atoms. The van der Waals surface area contributed by atoms with Gasteiger partial charge in [0.2, 0.25) is 0 Å². The first-order chi connectivity index (χ1) is 6.95. The van der Waals surface area contributed by atoms with E-state index in [2.05, 4.69) is 0 Å². The van der Waals surface area contributed by atoms with Crippen molar-refractivity contribution in [3.05, 3.63) is 23.8 Å². The van der Waals surface area contributed by atoms with Crippen LogP contribution in [0.5, 0.6) is 5.75 Å².